The third kappa shape index (κ3) is 3.05. The van der Waals surface area contributed by atoms with E-state index < -0.39 is 26.3 Å². The van der Waals surface area contributed by atoms with Gasteiger partial charge in [-0.1, -0.05) is 27.7 Å². The molecule has 1 fully saturated rings. The molecule has 0 aromatic rings. The van der Waals surface area contributed by atoms with Gasteiger partial charge in [0.25, 0.3) is 0 Å². The normalized spacial score (nSPS) is 31.3. The van der Waals surface area contributed by atoms with Crippen molar-refractivity contribution in [1.82, 2.24) is 0 Å². The van der Waals surface area contributed by atoms with Gasteiger partial charge < -0.3 is 5.11 Å². The third-order valence-corrected chi connectivity index (χ3v) is 7.03. The molecule has 0 bridgehead atoms. The Morgan fingerprint density at radius 1 is 1.17 bits per heavy atom. The van der Waals surface area contributed by atoms with Gasteiger partial charge in [0.1, 0.15) is 0 Å². The molecule has 1 aliphatic rings. The van der Waals surface area contributed by atoms with E-state index in [1.807, 2.05) is 0 Å². The lowest BCUT2D eigenvalue weighted by Gasteiger charge is -2.33. The van der Waals surface area contributed by atoms with Crippen LogP contribution in [0.2, 0.25) is 0 Å². The predicted molar refractivity (Wildman–Crippen MR) is 71.1 cm³/mol. The van der Waals surface area contributed by atoms with Gasteiger partial charge in [-0.3, -0.25) is 4.79 Å². The second-order valence-corrected chi connectivity index (χ2v) is 8.33. The van der Waals surface area contributed by atoms with Crippen LogP contribution in [0.3, 0.4) is 0 Å². The van der Waals surface area contributed by atoms with Crippen molar-refractivity contribution in [1.29, 1.82) is 0 Å². The first kappa shape index (κ1) is 15.5. The minimum atomic E-state index is -3.58. The van der Waals surface area contributed by atoms with Crippen LogP contribution in [0, 0.1) is 17.8 Å². The maximum Gasteiger partial charge on any atom is 0.322 e. The van der Waals surface area contributed by atoms with Crippen LogP contribution < -0.4 is 0 Å². The van der Waals surface area contributed by atoms with Crippen molar-refractivity contribution in [3.63, 3.8) is 0 Å². The van der Waals surface area contributed by atoms with Crippen molar-refractivity contribution in [2.24, 2.45) is 17.8 Å². The number of aliphatic carboxylic acids is 1. The standard InChI is InChI=1S/C13H24O4S/c1-8(2)12(13(14)15)18(16,17)11-6-5-9(3)10(4)7-11/h8-12H,5-7H2,1-4H3,(H,14,15). The van der Waals surface area contributed by atoms with Gasteiger partial charge in [0, 0.05) is 0 Å². The molecule has 0 spiro atoms. The molecule has 0 aromatic carbocycles. The molecule has 0 saturated heterocycles. The van der Waals surface area contributed by atoms with E-state index in [1.165, 1.54) is 0 Å². The van der Waals surface area contributed by atoms with Crippen LogP contribution in [0.4, 0.5) is 0 Å². The van der Waals surface area contributed by atoms with Gasteiger partial charge in [-0.05, 0) is 37.0 Å². The van der Waals surface area contributed by atoms with Crippen LogP contribution in [-0.4, -0.2) is 30.0 Å². The molecule has 0 aliphatic heterocycles. The quantitative estimate of drug-likeness (QED) is 0.855. The Morgan fingerprint density at radius 3 is 2.11 bits per heavy atom. The highest BCUT2D eigenvalue weighted by Crippen LogP contribution is 2.35. The van der Waals surface area contributed by atoms with E-state index in [9.17, 15) is 13.2 Å². The van der Waals surface area contributed by atoms with Gasteiger partial charge in [0.2, 0.25) is 0 Å². The molecule has 0 aromatic heterocycles. The first-order chi connectivity index (χ1) is 8.17. The summed E-state index contributed by atoms with van der Waals surface area (Å²) in [6.45, 7) is 7.50. The summed E-state index contributed by atoms with van der Waals surface area (Å²) >= 11 is 0. The van der Waals surface area contributed by atoms with Crippen LogP contribution in [-0.2, 0) is 14.6 Å². The van der Waals surface area contributed by atoms with Crippen molar-refractivity contribution < 1.29 is 18.3 Å². The Kier molecular flexibility index (Phi) is 4.81. The van der Waals surface area contributed by atoms with Gasteiger partial charge >= 0.3 is 5.97 Å². The van der Waals surface area contributed by atoms with Crippen LogP contribution in [0.1, 0.15) is 47.0 Å². The number of hydrogen-bond acceptors (Lipinski definition) is 3. The lowest BCUT2D eigenvalue weighted by Crippen LogP contribution is -2.43. The van der Waals surface area contributed by atoms with Gasteiger partial charge in [0.05, 0.1) is 5.25 Å². The average molecular weight is 276 g/mol. The molecule has 1 aliphatic carbocycles. The van der Waals surface area contributed by atoms with E-state index in [0.717, 1.165) is 6.42 Å². The molecule has 4 atom stereocenters. The van der Waals surface area contributed by atoms with E-state index in [4.69, 9.17) is 5.11 Å². The summed E-state index contributed by atoms with van der Waals surface area (Å²) in [4.78, 5) is 11.2. The molecular weight excluding hydrogens is 252 g/mol. The first-order valence-electron chi connectivity index (χ1n) is 6.63. The zero-order valence-electron chi connectivity index (χ0n) is 11.6. The van der Waals surface area contributed by atoms with Crippen LogP contribution in [0.5, 0.6) is 0 Å². The summed E-state index contributed by atoms with van der Waals surface area (Å²) in [5, 5.41) is 7.41. The number of sulfone groups is 1. The summed E-state index contributed by atoms with van der Waals surface area (Å²) < 4.78 is 24.9. The van der Waals surface area contributed by atoms with E-state index in [-0.39, 0.29) is 5.92 Å². The molecule has 1 saturated carbocycles. The molecule has 0 radical (unpaired) electrons. The van der Waals surface area contributed by atoms with Crippen LogP contribution >= 0.6 is 0 Å². The highest BCUT2D eigenvalue weighted by atomic mass is 32.2. The van der Waals surface area contributed by atoms with E-state index in [2.05, 4.69) is 13.8 Å². The molecule has 0 amide bonds. The van der Waals surface area contributed by atoms with Crippen molar-refractivity contribution in [2.45, 2.75) is 57.5 Å². The first-order valence-corrected chi connectivity index (χ1v) is 8.24. The van der Waals surface area contributed by atoms with E-state index >= 15 is 0 Å². The minimum absolute atomic E-state index is 0.347. The summed E-state index contributed by atoms with van der Waals surface area (Å²) in [5.41, 5.74) is 0. The maximum absolute atomic E-state index is 12.4. The van der Waals surface area contributed by atoms with Crippen LogP contribution in [0.25, 0.3) is 0 Å². The highest BCUT2D eigenvalue weighted by molar-refractivity contribution is 7.93. The SMILES string of the molecule is CC(C)C(C(=O)O)S(=O)(=O)C1CCC(C)C(C)C1. The second-order valence-electron chi connectivity index (χ2n) is 5.98. The fourth-order valence-electron chi connectivity index (χ4n) is 2.81. The highest BCUT2D eigenvalue weighted by Gasteiger charge is 2.43. The topological polar surface area (TPSA) is 71.4 Å². The Morgan fingerprint density at radius 2 is 1.72 bits per heavy atom. The number of rotatable bonds is 4. The van der Waals surface area contributed by atoms with Crippen molar-refractivity contribution in [3.05, 3.63) is 0 Å². The Bertz CT molecular complexity index is 399. The molecule has 5 heteroatoms. The molecular formula is C13H24O4S. The van der Waals surface area contributed by atoms with Crippen LogP contribution in [0.15, 0.2) is 0 Å². The van der Waals surface area contributed by atoms with Gasteiger partial charge in [-0.15, -0.1) is 0 Å². The Labute approximate surface area is 110 Å². The fraction of sp³-hybridized carbons (Fsp3) is 0.923. The summed E-state index contributed by atoms with van der Waals surface area (Å²) in [6, 6.07) is 0. The summed E-state index contributed by atoms with van der Waals surface area (Å²) in [5.74, 6) is -0.725. The Hall–Kier alpha value is -0.580. The van der Waals surface area contributed by atoms with E-state index in [0.29, 0.717) is 24.7 Å². The van der Waals surface area contributed by atoms with Gasteiger partial charge in [0.15, 0.2) is 15.1 Å². The number of carbonyl (C=O) groups is 1. The molecule has 0 heterocycles. The molecule has 18 heavy (non-hydrogen) atoms. The maximum atomic E-state index is 12.4. The minimum Gasteiger partial charge on any atom is -0.480 e. The monoisotopic (exact) mass is 276 g/mol. The van der Waals surface area contributed by atoms with Crippen molar-refractivity contribution in [2.75, 3.05) is 0 Å². The zero-order chi connectivity index (χ0) is 14.1. The number of carboxylic acids is 1. The molecule has 106 valence electrons. The Balaban J connectivity index is 2.95. The lowest BCUT2D eigenvalue weighted by atomic mass is 9.81. The number of hydrogen-bond donors (Lipinski definition) is 1. The van der Waals surface area contributed by atoms with Gasteiger partial charge in [-0.2, -0.15) is 0 Å². The second kappa shape index (κ2) is 5.59. The van der Waals surface area contributed by atoms with E-state index in [1.54, 1.807) is 13.8 Å². The predicted octanol–water partition coefficient (Wildman–Crippen LogP) is 2.34. The average Bonchev–Trinajstić information content (AvgIpc) is 2.19. The smallest absolute Gasteiger partial charge is 0.322 e. The molecule has 1 N–H and O–H groups in total. The van der Waals surface area contributed by atoms with Crippen molar-refractivity contribution >= 4 is 15.8 Å². The molecule has 1 rings (SSSR count). The summed E-state index contributed by atoms with van der Waals surface area (Å²) in [6.07, 6.45) is 2.07. The third-order valence-electron chi connectivity index (χ3n) is 4.22. The summed E-state index contributed by atoms with van der Waals surface area (Å²) in [7, 11) is -3.58. The fourth-order valence-corrected chi connectivity index (χ4v) is 5.30. The lowest BCUT2D eigenvalue weighted by molar-refractivity contribution is -0.137. The molecule has 4 nitrogen and oxygen atoms in total. The van der Waals surface area contributed by atoms with Crippen molar-refractivity contribution in [3.8, 4) is 0 Å². The zero-order valence-corrected chi connectivity index (χ0v) is 12.4. The van der Waals surface area contributed by atoms with Gasteiger partial charge in [-0.25, -0.2) is 8.42 Å². The molecule has 4 unspecified atom stereocenters. The number of carboxylic acid groups (broad SMARTS) is 1. The largest absolute Gasteiger partial charge is 0.480 e.